The van der Waals surface area contributed by atoms with Gasteiger partial charge in [-0.1, -0.05) is 19.1 Å². The summed E-state index contributed by atoms with van der Waals surface area (Å²) in [5.74, 6) is 1.07. The molecule has 1 heterocycles. The van der Waals surface area contributed by atoms with Crippen molar-refractivity contribution in [1.82, 2.24) is 9.55 Å². The zero-order chi connectivity index (χ0) is 10.8. The number of hydrogen-bond donors (Lipinski definition) is 1. The van der Waals surface area contributed by atoms with E-state index >= 15 is 0 Å². The average molecular weight is 203 g/mol. The van der Waals surface area contributed by atoms with Crippen molar-refractivity contribution in [3.63, 3.8) is 0 Å². The summed E-state index contributed by atoms with van der Waals surface area (Å²) < 4.78 is 2.13. The third kappa shape index (κ3) is 1.88. The van der Waals surface area contributed by atoms with Crippen LogP contribution >= 0.6 is 0 Å². The number of aryl methyl sites for hydroxylation is 1. The molecule has 2 N–H and O–H groups in total. The van der Waals surface area contributed by atoms with Crippen molar-refractivity contribution in [3.8, 4) is 0 Å². The van der Waals surface area contributed by atoms with Crippen LogP contribution in [-0.4, -0.2) is 15.6 Å². The van der Waals surface area contributed by atoms with E-state index in [0.29, 0.717) is 0 Å². The van der Waals surface area contributed by atoms with E-state index in [1.807, 2.05) is 25.2 Å². The second-order valence-corrected chi connectivity index (χ2v) is 3.95. The smallest absolute Gasteiger partial charge is 0.111 e. The first-order valence-electron chi connectivity index (χ1n) is 5.38. The van der Waals surface area contributed by atoms with Gasteiger partial charge in [-0.25, -0.2) is 4.98 Å². The molecule has 3 heteroatoms. The number of hydrogen-bond acceptors (Lipinski definition) is 2. The summed E-state index contributed by atoms with van der Waals surface area (Å²) in [4.78, 5) is 4.58. The van der Waals surface area contributed by atoms with E-state index in [1.165, 1.54) is 5.52 Å². The van der Waals surface area contributed by atoms with Gasteiger partial charge in [0.2, 0.25) is 0 Å². The summed E-state index contributed by atoms with van der Waals surface area (Å²) in [6.45, 7) is 2.10. The van der Waals surface area contributed by atoms with Gasteiger partial charge < -0.3 is 10.3 Å². The molecule has 1 aromatic carbocycles. The first-order valence-corrected chi connectivity index (χ1v) is 5.38. The summed E-state index contributed by atoms with van der Waals surface area (Å²) in [5.41, 5.74) is 8.17. The van der Waals surface area contributed by atoms with Crippen LogP contribution in [0.2, 0.25) is 0 Å². The molecule has 0 aliphatic carbocycles. The number of rotatable bonds is 3. The van der Waals surface area contributed by atoms with Crippen molar-refractivity contribution in [2.45, 2.75) is 25.8 Å². The first kappa shape index (κ1) is 10.2. The van der Waals surface area contributed by atoms with Crippen molar-refractivity contribution < 1.29 is 0 Å². The lowest BCUT2D eigenvalue weighted by Gasteiger charge is -2.07. The summed E-state index contributed by atoms with van der Waals surface area (Å²) in [5, 5.41) is 0. The minimum Gasteiger partial charge on any atom is -0.331 e. The topological polar surface area (TPSA) is 43.8 Å². The largest absolute Gasteiger partial charge is 0.331 e. The van der Waals surface area contributed by atoms with Crippen molar-refractivity contribution in [1.29, 1.82) is 0 Å². The number of imidazole rings is 1. The standard InChI is InChI=1S/C12H17N3/c1-3-9(13)8-12-14-10-6-4-5-7-11(10)15(12)2/h4-7,9H,3,8,13H2,1-2H3. The Balaban J connectivity index is 2.40. The van der Waals surface area contributed by atoms with Crippen LogP contribution in [0.5, 0.6) is 0 Å². The normalized spacial score (nSPS) is 13.3. The molecule has 1 atom stereocenters. The molecule has 2 rings (SSSR count). The fourth-order valence-electron chi connectivity index (χ4n) is 1.76. The van der Waals surface area contributed by atoms with Gasteiger partial charge in [-0.05, 0) is 18.6 Å². The molecule has 0 saturated carbocycles. The van der Waals surface area contributed by atoms with Gasteiger partial charge in [0.05, 0.1) is 11.0 Å². The molecular weight excluding hydrogens is 186 g/mol. The highest BCUT2D eigenvalue weighted by molar-refractivity contribution is 5.75. The van der Waals surface area contributed by atoms with Gasteiger partial charge in [-0.15, -0.1) is 0 Å². The molecule has 0 fully saturated rings. The molecule has 80 valence electrons. The Morgan fingerprint density at radius 3 is 2.80 bits per heavy atom. The van der Waals surface area contributed by atoms with Gasteiger partial charge in [-0.2, -0.15) is 0 Å². The van der Waals surface area contributed by atoms with Gasteiger partial charge in [0, 0.05) is 19.5 Å². The maximum absolute atomic E-state index is 5.94. The third-order valence-electron chi connectivity index (χ3n) is 2.85. The van der Waals surface area contributed by atoms with Crippen LogP contribution in [0.1, 0.15) is 19.2 Å². The molecular formula is C12H17N3. The fourth-order valence-corrected chi connectivity index (χ4v) is 1.76. The number of aromatic nitrogens is 2. The molecule has 0 radical (unpaired) electrons. The van der Waals surface area contributed by atoms with Gasteiger partial charge in [0.1, 0.15) is 5.82 Å². The number of benzene rings is 1. The molecule has 1 unspecified atom stereocenters. The third-order valence-corrected chi connectivity index (χ3v) is 2.85. The van der Waals surface area contributed by atoms with Crippen LogP contribution in [0.3, 0.4) is 0 Å². The van der Waals surface area contributed by atoms with E-state index in [-0.39, 0.29) is 6.04 Å². The quantitative estimate of drug-likeness (QED) is 0.827. The van der Waals surface area contributed by atoms with Crippen molar-refractivity contribution >= 4 is 11.0 Å². The summed E-state index contributed by atoms with van der Waals surface area (Å²) in [6, 6.07) is 8.38. The van der Waals surface area contributed by atoms with Crippen LogP contribution in [0.25, 0.3) is 11.0 Å². The van der Waals surface area contributed by atoms with Crippen LogP contribution in [0, 0.1) is 0 Å². The Hall–Kier alpha value is -1.35. The lowest BCUT2D eigenvalue weighted by molar-refractivity contribution is 0.612. The SMILES string of the molecule is CCC(N)Cc1nc2ccccc2n1C. The monoisotopic (exact) mass is 203 g/mol. The molecule has 0 spiro atoms. The van der Waals surface area contributed by atoms with E-state index in [0.717, 1.165) is 24.2 Å². The first-order chi connectivity index (χ1) is 7.22. The summed E-state index contributed by atoms with van der Waals surface area (Å²) in [7, 11) is 2.05. The highest BCUT2D eigenvalue weighted by Gasteiger charge is 2.09. The Kier molecular flexibility index (Phi) is 2.73. The van der Waals surface area contributed by atoms with E-state index in [9.17, 15) is 0 Å². The molecule has 1 aromatic heterocycles. The Morgan fingerprint density at radius 2 is 2.13 bits per heavy atom. The van der Waals surface area contributed by atoms with Crippen LogP contribution in [-0.2, 0) is 13.5 Å². The average Bonchev–Trinajstić information content (AvgIpc) is 2.57. The highest BCUT2D eigenvalue weighted by atomic mass is 15.1. The fraction of sp³-hybridized carbons (Fsp3) is 0.417. The summed E-state index contributed by atoms with van der Waals surface area (Å²) in [6.07, 6.45) is 1.84. The zero-order valence-corrected chi connectivity index (χ0v) is 9.27. The number of nitrogens with zero attached hydrogens (tertiary/aromatic N) is 2. The second kappa shape index (κ2) is 4.03. The molecule has 0 saturated heterocycles. The van der Waals surface area contributed by atoms with Crippen LogP contribution in [0.4, 0.5) is 0 Å². The minimum absolute atomic E-state index is 0.209. The van der Waals surface area contributed by atoms with Crippen molar-refractivity contribution in [2.24, 2.45) is 12.8 Å². The Bertz CT molecular complexity index is 459. The van der Waals surface area contributed by atoms with E-state index < -0.39 is 0 Å². The number of fused-ring (bicyclic) bond motifs is 1. The number of para-hydroxylation sites is 2. The van der Waals surface area contributed by atoms with Gasteiger partial charge in [0.25, 0.3) is 0 Å². The molecule has 0 aliphatic rings. The lowest BCUT2D eigenvalue weighted by atomic mass is 10.1. The molecule has 2 aromatic rings. The number of nitrogens with two attached hydrogens (primary N) is 1. The minimum atomic E-state index is 0.209. The van der Waals surface area contributed by atoms with Crippen LogP contribution in [0.15, 0.2) is 24.3 Å². The zero-order valence-electron chi connectivity index (χ0n) is 9.27. The van der Waals surface area contributed by atoms with Crippen molar-refractivity contribution in [2.75, 3.05) is 0 Å². The maximum atomic E-state index is 5.94. The van der Waals surface area contributed by atoms with Gasteiger partial charge in [0.15, 0.2) is 0 Å². The van der Waals surface area contributed by atoms with E-state index in [4.69, 9.17) is 5.73 Å². The second-order valence-electron chi connectivity index (χ2n) is 3.95. The Morgan fingerprint density at radius 1 is 1.40 bits per heavy atom. The molecule has 0 aliphatic heterocycles. The van der Waals surface area contributed by atoms with Gasteiger partial charge >= 0.3 is 0 Å². The molecule has 0 amide bonds. The van der Waals surface area contributed by atoms with Gasteiger partial charge in [-0.3, -0.25) is 0 Å². The van der Waals surface area contributed by atoms with E-state index in [1.54, 1.807) is 0 Å². The molecule has 15 heavy (non-hydrogen) atoms. The molecule has 3 nitrogen and oxygen atoms in total. The summed E-state index contributed by atoms with van der Waals surface area (Å²) >= 11 is 0. The van der Waals surface area contributed by atoms with Crippen molar-refractivity contribution in [3.05, 3.63) is 30.1 Å². The predicted molar refractivity (Wildman–Crippen MR) is 62.7 cm³/mol. The van der Waals surface area contributed by atoms with Crippen LogP contribution < -0.4 is 5.73 Å². The maximum Gasteiger partial charge on any atom is 0.111 e. The highest BCUT2D eigenvalue weighted by Crippen LogP contribution is 2.15. The molecule has 0 bridgehead atoms. The van der Waals surface area contributed by atoms with E-state index in [2.05, 4.69) is 22.5 Å². The Labute approximate surface area is 89.9 Å². The lowest BCUT2D eigenvalue weighted by Crippen LogP contribution is -2.23. The predicted octanol–water partition coefficient (Wildman–Crippen LogP) is 1.85.